The maximum atomic E-state index is 13.0. The smallest absolute Gasteiger partial charge is 0.225 e. The molecule has 0 unspecified atom stereocenters. The molecule has 1 aromatic rings. The number of carbonyl (C=O) groups is 2. The summed E-state index contributed by atoms with van der Waals surface area (Å²) < 4.78 is 21.4. The lowest BCUT2D eigenvalue weighted by molar-refractivity contribution is -0.133. The molecule has 1 aliphatic heterocycles. The van der Waals surface area contributed by atoms with Crippen molar-refractivity contribution in [3.05, 3.63) is 17.7 Å². The average Bonchev–Trinajstić information content (AvgIpc) is 3.20. The monoisotopic (exact) mass is 422 g/mol. The molecule has 2 atom stereocenters. The Bertz CT molecular complexity index is 711. The van der Waals surface area contributed by atoms with Crippen LogP contribution in [0.4, 0.5) is 0 Å². The highest BCUT2D eigenvalue weighted by atomic mass is 16.5. The fraction of sp³-hybridized carbons (Fsp3) is 0.636. The van der Waals surface area contributed by atoms with Gasteiger partial charge in [0.15, 0.2) is 11.5 Å². The summed E-state index contributed by atoms with van der Waals surface area (Å²) in [6.07, 6.45) is 0.735. The molecular formula is C22H34N2O6. The average molecular weight is 423 g/mol. The maximum absolute atomic E-state index is 13.0. The molecule has 1 N–H and O–H groups in total. The molecule has 0 aliphatic carbocycles. The Morgan fingerprint density at radius 2 is 1.70 bits per heavy atom. The van der Waals surface area contributed by atoms with Crippen molar-refractivity contribution in [3.63, 3.8) is 0 Å². The minimum atomic E-state index is -0.363. The molecule has 2 rings (SSSR count). The number of hydrogen-bond donors (Lipinski definition) is 1. The first-order valence-electron chi connectivity index (χ1n) is 10.2. The quantitative estimate of drug-likeness (QED) is 0.581. The van der Waals surface area contributed by atoms with Crippen molar-refractivity contribution in [2.24, 2.45) is 11.8 Å². The summed E-state index contributed by atoms with van der Waals surface area (Å²) in [7, 11) is 6.30. The van der Waals surface area contributed by atoms with Crippen LogP contribution in [0.3, 0.4) is 0 Å². The molecule has 0 radical (unpaired) electrons. The SMILES string of the molecule is COCCCNC(=O)[C@H]1CN(C(=O)C(C)C)C[C@H]1c1cc(OC)c(OC)c(OC)c1. The third-order valence-corrected chi connectivity index (χ3v) is 5.40. The van der Waals surface area contributed by atoms with Gasteiger partial charge in [-0.05, 0) is 24.1 Å². The van der Waals surface area contributed by atoms with Crippen molar-refractivity contribution in [1.82, 2.24) is 10.2 Å². The Morgan fingerprint density at radius 3 is 2.20 bits per heavy atom. The Balaban J connectivity index is 2.35. The minimum Gasteiger partial charge on any atom is -0.493 e. The first-order chi connectivity index (χ1) is 14.4. The zero-order valence-corrected chi connectivity index (χ0v) is 18.8. The van der Waals surface area contributed by atoms with E-state index in [1.54, 1.807) is 33.3 Å². The third kappa shape index (κ3) is 5.36. The number of benzene rings is 1. The molecule has 1 saturated heterocycles. The Kier molecular flexibility index (Phi) is 8.77. The number of rotatable bonds is 10. The normalized spacial score (nSPS) is 18.4. The first-order valence-corrected chi connectivity index (χ1v) is 10.2. The predicted molar refractivity (Wildman–Crippen MR) is 113 cm³/mol. The van der Waals surface area contributed by atoms with Gasteiger partial charge in [0.05, 0.1) is 27.2 Å². The number of ether oxygens (including phenoxy) is 4. The first kappa shape index (κ1) is 23.8. The summed E-state index contributed by atoms with van der Waals surface area (Å²) in [5.41, 5.74) is 0.876. The van der Waals surface area contributed by atoms with Crippen molar-refractivity contribution >= 4 is 11.8 Å². The van der Waals surface area contributed by atoms with Crippen LogP contribution in [-0.4, -0.2) is 71.4 Å². The molecule has 2 amide bonds. The highest BCUT2D eigenvalue weighted by molar-refractivity contribution is 5.84. The van der Waals surface area contributed by atoms with Gasteiger partial charge >= 0.3 is 0 Å². The lowest BCUT2D eigenvalue weighted by atomic mass is 9.88. The van der Waals surface area contributed by atoms with Gasteiger partial charge in [-0.2, -0.15) is 0 Å². The van der Waals surface area contributed by atoms with Gasteiger partial charge in [-0.3, -0.25) is 9.59 Å². The third-order valence-electron chi connectivity index (χ3n) is 5.40. The van der Waals surface area contributed by atoms with Crippen LogP contribution in [0.25, 0.3) is 0 Å². The molecule has 8 heteroatoms. The van der Waals surface area contributed by atoms with Crippen molar-refractivity contribution in [2.75, 3.05) is 54.7 Å². The van der Waals surface area contributed by atoms with Crippen LogP contribution in [0, 0.1) is 11.8 Å². The molecule has 1 aliphatic rings. The van der Waals surface area contributed by atoms with Crippen LogP contribution in [0.5, 0.6) is 17.2 Å². The number of nitrogens with zero attached hydrogens (tertiary/aromatic N) is 1. The fourth-order valence-corrected chi connectivity index (χ4v) is 3.83. The zero-order valence-electron chi connectivity index (χ0n) is 18.8. The van der Waals surface area contributed by atoms with Gasteiger partial charge in [0, 0.05) is 45.2 Å². The van der Waals surface area contributed by atoms with E-state index < -0.39 is 0 Å². The number of likely N-dealkylation sites (tertiary alicyclic amines) is 1. The van der Waals surface area contributed by atoms with Gasteiger partial charge in [0.2, 0.25) is 17.6 Å². The largest absolute Gasteiger partial charge is 0.493 e. The Labute approximate surface area is 178 Å². The summed E-state index contributed by atoms with van der Waals surface area (Å²) in [6.45, 7) is 5.70. The topological polar surface area (TPSA) is 86.3 Å². The van der Waals surface area contributed by atoms with Gasteiger partial charge in [-0.15, -0.1) is 0 Å². The molecular weight excluding hydrogens is 388 g/mol. The minimum absolute atomic E-state index is 0.0436. The van der Waals surface area contributed by atoms with Crippen LogP contribution in [-0.2, 0) is 14.3 Å². The number of amides is 2. The van der Waals surface area contributed by atoms with Crippen LogP contribution < -0.4 is 19.5 Å². The standard InChI is InChI=1S/C22H34N2O6/c1-14(2)22(26)24-12-16(17(13-24)21(25)23-8-7-9-27-3)15-10-18(28-4)20(30-6)19(11-15)29-5/h10-11,14,16-17H,7-9,12-13H2,1-6H3,(H,23,25)/t16-,17-/m0/s1. The fourth-order valence-electron chi connectivity index (χ4n) is 3.83. The van der Waals surface area contributed by atoms with Crippen molar-refractivity contribution < 1.29 is 28.5 Å². The van der Waals surface area contributed by atoms with Crippen molar-refractivity contribution in [3.8, 4) is 17.2 Å². The van der Waals surface area contributed by atoms with Gasteiger partial charge in [-0.1, -0.05) is 13.8 Å². The highest BCUT2D eigenvalue weighted by Gasteiger charge is 2.41. The number of methoxy groups -OCH3 is 4. The van der Waals surface area contributed by atoms with E-state index >= 15 is 0 Å². The van der Waals surface area contributed by atoms with Gasteiger partial charge in [0.25, 0.3) is 0 Å². The summed E-state index contributed by atoms with van der Waals surface area (Å²) >= 11 is 0. The molecule has 1 heterocycles. The second-order valence-corrected chi connectivity index (χ2v) is 7.71. The number of hydrogen-bond acceptors (Lipinski definition) is 6. The van der Waals surface area contributed by atoms with Crippen LogP contribution in [0.2, 0.25) is 0 Å². The van der Waals surface area contributed by atoms with Gasteiger partial charge < -0.3 is 29.2 Å². The maximum Gasteiger partial charge on any atom is 0.225 e. The molecule has 168 valence electrons. The van der Waals surface area contributed by atoms with Crippen LogP contribution in [0.15, 0.2) is 12.1 Å². The lowest BCUT2D eigenvalue weighted by Gasteiger charge is -2.21. The second kappa shape index (κ2) is 11.1. The van der Waals surface area contributed by atoms with E-state index in [1.165, 1.54) is 0 Å². The van der Waals surface area contributed by atoms with Crippen molar-refractivity contribution in [1.29, 1.82) is 0 Å². The van der Waals surface area contributed by atoms with Crippen LogP contribution in [0.1, 0.15) is 31.7 Å². The van der Waals surface area contributed by atoms with E-state index in [2.05, 4.69) is 5.32 Å². The van der Waals surface area contributed by atoms with E-state index in [4.69, 9.17) is 18.9 Å². The van der Waals surface area contributed by atoms with E-state index in [-0.39, 0.29) is 29.6 Å². The molecule has 0 aromatic heterocycles. The predicted octanol–water partition coefficient (Wildman–Crippen LogP) is 2.06. The number of carbonyl (C=O) groups excluding carboxylic acids is 2. The summed E-state index contributed by atoms with van der Waals surface area (Å²) in [4.78, 5) is 27.4. The molecule has 0 bridgehead atoms. The lowest BCUT2D eigenvalue weighted by Crippen LogP contribution is -2.37. The van der Waals surface area contributed by atoms with E-state index in [9.17, 15) is 9.59 Å². The highest BCUT2D eigenvalue weighted by Crippen LogP contribution is 2.43. The molecule has 30 heavy (non-hydrogen) atoms. The molecule has 8 nitrogen and oxygen atoms in total. The number of nitrogens with one attached hydrogen (secondary N) is 1. The molecule has 0 spiro atoms. The molecule has 1 aromatic carbocycles. The van der Waals surface area contributed by atoms with E-state index in [1.807, 2.05) is 26.0 Å². The van der Waals surface area contributed by atoms with Gasteiger partial charge in [0.1, 0.15) is 0 Å². The summed E-state index contributed by atoms with van der Waals surface area (Å²) in [6, 6.07) is 3.72. The Hall–Kier alpha value is -2.48. The molecule has 1 fully saturated rings. The molecule has 0 saturated carbocycles. The van der Waals surface area contributed by atoms with E-state index in [0.29, 0.717) is 43.5 Å². The zero-order chi connectivity index (χ0) is 22.3. The van der Waals surface area contributed by atoms with E-state index in [0.717, 1.165) is 12.0 Å². The summed E-state index contributed by atoms with van der Waals surface area (Å²) in [5, 5.41) is 2.98. The van der Waals surface area contributed by atoms with Crippen molar-refractivity contribution in [2.45, 2.75) is 26.2 Å². The summed E-state index contributed by atoms with van der Waals surface area (Å²) in [5.74, 6) is 0.860. The Morgan fingerprint density at radius 1 is 1.07 bits per heavy atom. The van der Waals surface area contributed by atoms with Crippen LogP contribution >= 0.6 is 0 Å². The van der Waals surface area contributed by atoms with Gasteiger partial charge in [-0.25, -0.2) is 0 Å². The second-order valence-electron chi connectivity index (χ2n) is 7.71.